The van der Waals surface area contributed by atoms with Gasteiger partial charge in [0.15, 0.2) is 5.96 Å². The zero-order valence-electron chi connectivity index (χ0n) is 48.3. The van der Waals surface area contributed by atoms with Gasteiger partial charge in [-0.05, 0) is 86.3 Å². The number of nitrogens with one attached hydrogen (secondary N) is 9. The lowest BCUT2D eigenvalue weighted by molar-refractivity contribution is -0.142. The molecule has 4 aromatic rings. The Morgan fingerprint density at radius 2 is 1.22 bits per heavy atom. The Bertz CT molecular complexity index is 2990. The van der Waals surface area contributed by atoms with E-state index >= 15 is 0 Å². The van der Waals surface area contributed by atoms with Gasteiger partial charge in [0.1, 0.15) is 60.7 Å². The number of nitrogens with two attached hydrogens (primary N) is 3. The summed E-state index contributed by atoms with van der Waals surface area (Å²) in [6.45, 7) is 3.73. The molecule has 10 amide bonds. The molecular formula is C58H80N14O14. The number of aliphatic imine (C=N–C) groups is 1. The van der Waals surface area contributed by atoms with Crippen LogP contribution >= 0.6 is 0 Å². The number of para-hydroxylation sites is 1. The number of primary amides is 1. The molecule has 1 aliphatic heterocycles. The highest BCUT2D eigenvalue weighted by molar-refractivity contribution is 5.99. The number of aliphatic hydroxyl groups is 2. The van der Waals surface area contributed by atoms with Gasteiger partial charge in [0.2, 0.25) is 53.2 Å². The maximum atomic E-state index is 14.4. The maximum Gasteiger partial charge on any atom is 0.408 e. The van der Waals surface area contributed by atoms with Gasteiger partial charge in [-0.15, -0.1) is 0 Å². The summed E-state index contributed by atoms with van der Waals surface area (Å²) in [6.07, 6.45) is 0.585. The molecule has 0 radical (unpaired) electrons. The minimum Gasteiger partial charge on any atom is -0.508 e. The van der Waals surface area contributed by atoms with Crippen molar-refractivity contribution in [1.82, 2.24) is 52.4 Å². The molecule has 8 atom stereocenters. The van der Waals surface area contributed by atoms with Crippen molar-refractivity contribution in [2.45, 2.75) is 134 Å². The van der Waals surface area contributed by atoms with E-state index in [1.165, 1.54) is 29.2 Å². The number of benzene rings is 3. The summed E-state index contributed by atoms with van der Waals surface area (Å²) < 4.78 is 5.31. The van der Waals surface area contributed by atoms with Gasteiger partial charge in [0.25, 0.3) is 0 Å². The first-order valence-corrected chi connectivity index (χ1v) is 28.4. The third-order valence-electron chi connectivity index (χ3n) is 14.0. The van der Waals surface area contributed by atoms with Crippen LogP contribution in [0.2, 0.25) is 0 Å². The zero-order chi connectivity index (χ0) is 62.9. The van der Waals surface area contributed by atoms with Crippen molar-refractivity contribution >= 4 is 76.1 Å². The van der Waals surface area contributed by atoms with Gasteiger partial charge < -0.3 is 89.7 Å². The molecule has 28 nitrogen and oxygen atoms in total. The van der Waals surface area contributed by atoms with E-state index in [2.05, 4.69) is 52.5 Å². The lowest BCUT2D eigenvalue weighted by Crippen LogP contribution is -2.61. The lowest BCUT2D eigenvalue weighted by Gasteiger charge is -2.30. The van der Waals surface area contributed by atoms with Crippen molar-refractivity contribution in [3.8, 4) is 5.75 Å². The molecule has 3 aromatic carbocycles. The molecule has 0 saturated carbocycles. The second-order valence-corrected chi connectivity index (χ2v) is 21.1. The van der Waals surface area contributed by atoms with E-state index in [-0.39, 0.29) is 88.2 Å². The van der Waals surface area contributed by atoms with Gasteiger partial charge >= 0.3 is 6.09 Å². The first-order valence-electron chi connectivity index (χ1n) is 28.4. The van der Waals surface area contributed by atoms with Crippen molar-refractivity contribution in [3.63, 3.8) is 0 Å². The number of likely N-dealkylation sites (N-methyl/N-ethyl adjacent to an activating group) is 1. The van der Waals surface area contributed by atoms with E-state index < -0.39 is 115 Å². The van der Waals surface area contributed by atoms with E-state index in [1.807, 2.05) is 0 Å². The molecule has 18 N–H and O–H groups in total. The molecule has 86 heavy (non-hydrogen) atoms. The smallest absolute Gasteiger partial charge is 0.408 e. The Kier molecular flexibility index (Phi) is 26.6. The fourth-order valence-corrected chi connectivity index (χ4v) is 9.55. The summed E-state index contributed by atoms with van der Waals surface area (Å²) in [7, 11) is 0. The van der Waals surface area contributed by atoms with Crippen molar-refractivity contribution < 1.29 is 68.0 Å². The van der Waals surface area contributed by atoms with Crippen LogP contribution < -0.4 is 59.7 Å². The number of ether oxygens (including phenoxy) is 1. The molecular weight excluding hydrogens is 1120 g/mol. The molecule has 466 valence electrons. The first kappa shape index (κ1) is 67.5. The number of aliphatic hydroxyl groups excluding tert-OH is 2. The van der Waals surface area contributed by atoms with Gasteiger partial charge in [0.05, 0.1) is 13.2 Å². The van der Waals surface area contributed by atoms with Gasteiger partial charge in [0, 0.05) is 56.0 Å². The van der Waals surface area contributed by atoms with Crippen molar-refractivity contribution in [3.05, 3.63) is 102 Å². The first-order chi connectivity index (χ1) is 41.1. The molecule has 5 rings (SSSR count). The number of aromatic hydroxyl groups is 1. The molecule has 0 spiro atoms. The number of fused-ring (bicyclic) bond motifs is 1. The van der Waals surface area contributed by atoms with Crippen LogP contribution in [0.3, 0.4) is 0 Å². The number of aromatic nitrogens is 1. The average Bonchev–Trinajstić information content (AvgIpc) is 3.32. The number of phenols is 1. The maximum absolute atomic E-state index is 14.4. The van der Waals surface area contributed by atoms with Crippen LogP contribution in [0.1, 0.15) is 82.4 Å². The Morgan fingerprint density at radius 1 is 0.663 bits per heavy atom. The van der Waals surface area contributed by atoms with Crippen LogP contribution in [-0.2, 0) is 67.3 Å². The number of hydrogen-bond donors (Lipinski definition) is 15. The summed E-state index contributed by atoms with van der Waals surface area (Å²) in [4.78, 5) is 146. The Hall–Kier alpha value is -9.31. The molecule has 1 aromatic heterocycles. The summed E-state index contributed by atoms with van der Waals surface area (Å²) in [6, 6.07) is 9.67. The zero-order valence-corrected chi connectivity index (χ0v) is 48.3. The highest BCUT2D eigenvalue weighted by Crippen LogP contribution is 2.22. The third-order valence-corrected chi connectivity index (χ3v) is 14.0. The van der Waals surface area contributed by atoms with Crippen molar-refractivity contribution in [2.24, 2.45) is 28.1 Å². The second kappa shape index (κ2) is 33.8. The number of rotatable bonds is 33. The van der Waals surface area contributed by atoms with Gasteiger partial charge in [-0.3, -0.25) is 48.1 Å². The van der Waals surface area contributed by atoms with E-state index in [9.17, 15) is 63.3 Å². The quantitative estimate of drug-likeness (QED) is 0.0144. The normalized spacial score (nSPS) is 15.3. The van der Waals surface area contributed by atoms with Crippen LogP contribution in [0, 0.1) is 5.92 Å². The number of carbonyl (C=O) groups excluding carboxylic acids is 10. The number of H-pyrrole nitrogens is 1. The molecule has 1 aliphatic rings. The van der Waals surface area contributed by atoms with Gasteiger partial charge in [-0.25, -0.2) is 4.79 Å². The molecule has 0 unspecified atom stereocenters. The van der Waals surface area contributed by atoms with Crippen LogP contribution in [0.5, 0.6) is 5.75 Å². The largest absolute Gasteiger partial charge is 0.508 e. The number of aromatic amines is 1. The molecule has 0 aliphatic carbocycles. The summed E-state index contributed by atoms with van der Waals surface area (Å²) in [5, 5.41) is 52.3. The predicted molar refractivity (Wildman–Crippen MR) is 314 cm³/mol. The molecule has 1 saturated heterocycles. The topological polar surface area (TPSA) is 446 Å². The molecule has 0 bridgehead atoms. The molecule has 28 heteroatoms. The highest BCUT2D eigenvalue weighted by atomic mass is 16.5. The lowest BCUT2D eigenvalue weighted by atomic mass is 10.0. The van der Waals surface area contributed by atoms with E-state index in [4.69, 9.17) is 21.9 Å². The van der Waals surface area contributed by atoms with Crippen LogP contribution in [-0.4, -0.2) is 172 Å². The fourth-order valence-electron chi connectivity index (χ4n) is 9.55. The Balaban J connectivity index is 1.35. The summed E-state index contributed by atoms with van der Waals surface area (Å²) in [5.74, 6) is -8.22. The van der Waals surface area contributed by atoms with Crippen molar-refractivity contribution in [2.75, 3.05) is 32.8 Å². The van der Waals surface area contributed by atoms with Crippen LogP contribution in [0.4, 0.5) is 4.79 Å². The molecule has 2 heterocycles. The number of carbonyl (C=O) groups is 10. The average molecular weight is 1200 g/mol. The fraction of sp³-hybridized carbons (Fsp3) is 0.466. The Morgan fingerprint density at radius 3 is 1.83 bits per heavy atom. The number of guanidine groups is 1. The van der Waals surface area contributed by atoms with Crippen molar-refractivity contribution in [1.29, 1.82) is 0 Å². The number of likely N-dealkylation sites (tertiary alicyclic amines) is 1. The number of phenolic OH excluding ortho intramolecular Hbond substituents is 1. The van der Waals surface area contributed by atoms with E-state index in [0.717, 1.165) is 0 Å². The van der Waals surface area contributed by atoms with E-state index in [0.29, 0.717) is 47.0 Å². The molecule has 1 fully saturated rings. The van der Waals surface area contributed by atoms with E-state index in [1.54, 1.807) is 81.6 Å². The van der Waals surface area contributed by atoms with Crippen LogP contribution in [0.15, 0.2) is 90.1 Å². The summed E-state index contributed by atoms with van der Waals surface area (Å²) >= 11 is 0. The second-order valence-electron chi connectivity index (χ2n) is 21.1. The number of alkyl carbamates (subject to hydrolysis) is 1. The minimum atomic E-state index is -1.82. The number of nitrogens with zero attached hydrogens (tertiary/aromatic N) is 2. The Labute approximate surface area is 496 Å². The third kappa shape index (κ3) is 21.1. The standard InChI is InChI=1S/C58H80N14O14/c1-4-62-55(83)47-17-11-25-72(47)56(84)41(16-10-24-63-57(60)61)65-50(78)42(26-33(2)3)66-53(81)45(30-73)69-51(79)43(27-34-18-20-37(75)21-19-34)67-54(82)46(31-74)70-52(80)44(28-36-29-64-39-15-9-8-14-38(36)39)68-49(77)40(22-23-48(59)76)71-58(85)86-32-35-12-6-5-7-13-35/h5-9,12-15,18-21,29,33,40-47,64,73-75H,4,10-11,16-17,22-28,30-32H2,1-3H3,(H2,59,76)(H,62,83)(H,65,78)(H,66,81)(H,67,82)(H,68,77)(H,69,79)(H,70,80)(H,71,85)(H4,60,61,63)/t40-,41-,42-,43-,44-,45+,46-,47-/m0/s1. The number of hydrogen-bond acceptors (Lipinski definition) is 15. The summed E-state index contributed by atoms with van der Waals surface area (Å²) in [5.41, 5.74) is 18.6. The number of amides is 10. The minimum absolute atomic E-state index is 0.0144. The predicted octanol–water partition coefficient (Wildman–Crippen LogP) is -1.66. The van der Waals surface area contributed by atoms with Gasteiger partial charge in [-0.2, -0.15) is 0 Å². The monoisotopic (exact) mass is 1200 g/mol. The SMILES string of the molecule is CCNC(=O)[C@@H]1CCCN1C(=O)[C@H](CCCN=C(N)N)NC(=O)[C@H](CC(C)C)NC(=O)[C@@H](CO)NC(=O)[C@H](Cc1ccc(O)cc1)NC(=O)[C@H](CO)NC(=O)[C@H](Cc1c[nH]c2ccccc12)NC(=O)[C@H](CCC(N)=O)NC(=O)OCc1ccccc1. The van der Waals surface area contributed by atoms with Gasteiger partial charge in [-0.1, -0.05) is 74.5 Å². The highest BCUT2D eigenvalue weighted by Gasteiger charge is 2.39. The van der Waals surface area contributed by atoms with Crippen LogP contribution in [0.25, 0.3) is 10.9 Å².